The molecule has 98 valence electrons. The minimum absolute atomic E-state index is 0.131. The number of thiazole rings is 1. The van der Waals surface area contributed by atoms with Gasteiger partial charge in [0.15, 0.2) is 5.13 Å². The molecule has 6 heteroatoms. The molecule has 1 aromatic carbocycles. The Hall–Kier alpha value is -1.95. The predicted octanol–water partition coefficient (Wildman–Crippen LogP) is 2.80. The third-order valence-corrected chi connectivity index (χ3v) is 4.30. The SMILES string of the molecule is CNc1nc2c(s1)[C@H](c1ccccc1F)CC(=O)N2. The third kappa shape index (κ3) is 2.08. The molecule has 0 radical (unpaired) electrons. The first-order valence-corrected chi connectivity index (χ1v) is 6.73. The number of benzene rings is 1. The molecule has 1 aromatic heterocycles. The van der Waals surface area contributed by atoms with E-state index in [0.29, 0.717) is 16.5 Å². The average molecular weight is 277 g/mol. The molecule has 3 rings (SSSR count). The first-order chi connectivity index (χ1) is 9.19. The molecule has 0 aliphatic carbocycles. The molecule has 2 N–H and O–H groups in total. The Morgan fingerprint density at radius 3 is 3.00 bits per heavy atom. The topological polar surface area (TPSA) is 54.0 Å². The van der Waals surface area contributed by atoms with E-state index in [4.69, 9.17) is 0 Å². The van der Waals surface area contributed by atoms with Crippen molar-refractivity contribution >= 4 is 28.2 Å². The van der Waals surface area contributed by atoms with Crippen molar-refractivity contribution in [1.82, 2.24) is 4.98 Å². The van der Waals surface area contributed by atoms with Gasteiger partial charge in [0.1, 0.15) is 11.6 Å². The Morgan fingerprint density at radius 1 is 1.47 bits per heavy atom. The summed E-state index contributed by atoms with van der Waals surface area (Å²) in [5, 5.41) is 6.40. The molecule has 2 aromatic rings. The Kier molecular flexibility index (Phi) is 2.94. The lowest BCUT2D eigenvalue weighted by molar-refractivity contribution is -0.116. The molecular weight excluding hydrogens is 265 g/mol. The number of carbonyl (C=O) groups excluding carboxylic acids is 1. The fourth-order valence-electron chi connectivity index (χ4n) is 2.23. The van der Waals surface area contributed by atoms with Crippen LogP contribution in [0.3, 0.4) is 0 Å². The van der Waals surface area contributed by atoms with Crippen LogP contribution in [0.1, 0.15) is 22.8 Å². The van der Waals surface area contributed by atoms with Crippen LogP contribution in [-0.4, -0.2) is 17.9 Å². The Balaban J connectivity index is 2.10. The highest BCUT2D eigenvalue weighted by atomic mass is 32.1. The minimum Gasteiger partial charge on any atom is -0.365 e. The molecule has 1 aliphatic heterocycles. The van der Waals surface area contributed by atoms with Crippen LogP contribution in [0, 0.1) is 5.82 Å². The normalized spacial score (nSPS) is 17.8. The molecule has 0 saturated heterocycles. The second-order valence-electron chi connectivity index (χ2n) is 4.31. The summed E-state index contributed by atoms with van der Waals surface area (Å²) >= 11 is 1.45. The van der Waals surface area contributed by atoms with E-state index >= 15 is 0 Å². The quantitative estimate of drug-likeness (QED) is 0.887. The van der Waals surface area contributed by atoms with Gasteiger partial charge in [-0.1, -0.05) is 29.5 Å². The number of anilines is 2. The van der Waals surface area contributed by atoms with Crippen molar-refractivity contribution in [2.75, 3.05) is 17.7 Å². The van der Waals surface area contributed by atoms with E-state index in [9.17, 15) is 9.18 Å². The lowest BCUT2D eigenvalue weighted by Crippen LogP contribution is -2.23. The van der Waals surface area contributed by atoms with Crippen LogP contribution in [0.4, 0.5) is 15.3 Å². The standard InChI is InChI=1S/C13H12FN3OS/c1-15-13-17-12-11(19-13)8(6-10(18)16-12)7-4-2-3-5-9(7)14/h2-5,8H,6H2,1H3,(H,15,17)(H,16,18)/t8-/m0/s1. The molecule has 0 bridgehead atoms. The highest BCUT2D eigenvalue weighted by Crippen LogP contribution is 2.42. The molecule has 1 amide bonds. The van der Waals surface area contributed by atoms with Crippen molar-refractivity contribution in [3.63, 3.8) is 0 Å². The van der Waals surface area contributed by atoms with Gasteiger partial charge in [-0.25, -0.2) is 9.37 Å². The van der Waals surface area contributed by atoms with Crippen molar-refractivity contribution in [2.45, 2.75) is 12.3 Å². The summed E-state index contributed by atoms with van der Waals surface area (Å²) in [4.78, 5) is 16.9. The van der Waals surface area contributed by atoms with Crippen LogP contribution in [0.2, 0.25) is 0 Å². The summed E-state index contributed by atoms with van der Waals surface area (Å²) in [7, 11) is 1.77. The van der Waals surface area contributed by atoms with Crippen LogP contribution < -0.4 is 10.6 Å². The number of fused-ring (bicyclic) bond motifs is 1. The summed E-state index contributed by atoms with van der Waals surface area (Å²) in [6.07, 6.45) is 0.249. The number of carbonyl (C=O) groups is 1. The van der Waals surface area contributed by atoms with Gasteiger partial charge in [-0.3, -0.25) is 4.79 Å². The Morgan fingerprint density at radius 2 is 2.26 bits per heavy atom. The van der Waals surface area contributed by atoms with Crippen molar-refractivity contribution in [3.05, 3.63) is 40.5 Å². The van der Waals surface area contributed by atoms with Crippen molar-refractivity contribution in [1.29, 1.82) is 0 Å². The van der Waals surface area contributed by atoms with Gasteiger partial charge >= 0.3 is 0 Å². The highest BCUT2D eigenvalue weighted by Gasteiger charge is 2.31. The number of rotatable bonds is 2. The number of hydrogen-bond donors (Lipinski definition) is 2. The number of nitrogens with one attached hydrogen (secondary N) is 2. The first kappa shape index (κ1) is 12.1. The van der Waals surface area contributed by atoms with Gasteiger partial charge in [-0.15, -0.1) is 0 Å². The van der Waals surface area contributed by atoms with E-state index in [0.717, 1.165) is 4.88 Å². The molecule has 1 aliphatic rings. The van der Waals surface area contributed by atoms with Gasteiger partial charge in [0.05, 0.1) is 4.88 Å². The molecule has 4 nitrogen and oxygen atoms in total. The third-order valence-electron chi connectivity index (χ3n) is 3.11. The molecule has 0 fully saturated rings. The van der Waals surface area contributed by atoms with E-state index < -0.39 is 0 Å². The van der Waals surface area contributed by atoms with Gasteiger partial charge in [-0.05, 0) is 11.6 Å². The number of aromatic nitrogens is 1. The van der Waals surface area contributed by atoms with Crippen molar-refractivity contribution in [3.8, 4) is 0 Å². The van der Waals surface area contributed by atoms with Gasteiger partial charge in [-0.2, -0.15) is 0 Å². The Bertz CT molecular complexity index is 641. The fourth-order valence-corrected chi connectivity index (χ4v) is 3.23. The maximum Gasteiger partial charge on any atom is 0.226 e. The minimum atomic E-state index is -0.285. The molecule has 0 saturated carbocycles. The zero-order chi connectivity index (χ0) is 13.4. The smallest absolute Gasteiger partial charge is 0.226 e. The van der Waals surface area contributed by atoms with E-state index in [1.165, 1.54) is 17.4 Å². The second kappa shape index (κ2) is 4.62. The molecule has 1 atom stereocenters. The van der Waals surface area contributed by atoms with Crippen LogP contribution >= 0.6 is 11.3 Å². The van der Waals surface area contributed by atoms with Crippen molar-refractivity contribution in [2.24, 2.45) is 0 Å². The predicted molar refractivity (Wildman–Crippen MR) is 73.2 cm³/mol. The Labute approximate surface area is 113 Å². The monoisotopic (exact) mass is 277 g/mol. The molecule has 0 spiro atoms. The van der Waals surface area contributed by atoms with Gasteiger partial charge in [0, 0.05) is 19.4 Å². The number of halogens is 1. The highest BCUT2D eigenvalue weighted by molar-refractivity contribution is 7.16. The largest absolute Gasteiger partial charge is 0.365 e. The second-order valence-corrected chi connectivity index (χ2v) is 5.34. The van der Waals surface area contributed by atoms with Crippen LogP contribution in [-0.2, 0) is 4.79 Å². The zero-order valence-corrected chi connectivity index (χ0v) is 11.1. The summed E-state index contributed by atoms with van der Waals surface area (Å²) < 4.78 is 13.9. The maximum absolute atomic E-state index is 13.9. The summed E-state index contributed by atoms with van der Waals surface area (Å²) in [5.41, 5.74) is 0.546. The maximum atomic E-state index is 13.9. The number of hydrogen-bond acceptors (Lipinski definition) is 4. The summed E-state index contributed by atoms with van der Waals surface area (Å²) in [5.74, 6) is -0.135. The van der Waals surface area contributed by atoms with E-state index in [-0.39, 0.29) is 24.1 Å². The van der Waals surface area contributed by atoms with Gasteiger partial charge < -0.3 is 10.6 Å². The van der Waals surface area contributed by atoms with Crippen molar-refractivity contribution < 1.29 is 9.18 Å². The van der Waals surface area contributed by atoms with Crippen LogP contribution in [0.15, 0.2) is 24.3 Å². The van der Waals surface area contributed by atoms with Crippen LogP contribution in [0.5, 0.6) is 0 Å². The molecule has 19 heavy (non-hydrogen) atoms. The lowest BCUT2D eigenvalue weighted by Gasteiger charge is -2.21. The van der Waals surface area contributed by atoms with E-state index in [1.807, 2.05) is 0 Å². The number of nitrogens with zero attached hydrogens (tertiary/aromatic N) is 1. The first-order valence-electron chi connectivity index (χ1n) is 5.92. The number of amides is 1. The molecule has 2 heterocycles. The summed E-state index contributed by atoms with van der Waals surface area (Å²) in [6, 6.07) is 6.57. The van der Waals surface area contributed by atoms with Crippen LogP contribution in [0.25, 0.3) is 0 Å². The van der Waals surface area contributed by atoms with Gasteiger partial charge in [0.25, 0.3) is 0 Å². The molecular formula is C13H12FN3OS. The van der Waals surface area contributed by atoms with Gasteiger partial charge in [0.2, 0.25) is 5.91 Å². The fraction of sp³-hybridized carbons (Fsp3) is 0.231. The average Bonchev–Trinajstić information content (AvgIpc) is 2.81. The zero-order valence-electron chi connectivity index (χ0n) is 10.2. The van der Waals surface area contributed by atoms with E-state index in [2.05, 4.69) is 15.6 Å². The van der Waals surface area contributed by atoms with E-state index in [1.54, 1.807) is 25.2 Å². The lowest BCUT2D eigenvalue weighted by atomic mass is 9.91. The molecule has 0 unspecified atom stereocenters. The summed E-state index contributed by atoms with van der Waals surface area (Å²) in [6.45, 7) is 0.